The summed E-state index contributed by atoms with van der Waals surface area (Å²) in [5.74, 6) is -0.287. The number of hydrogen-bond donors (Lipinski definition) is 1. The van der Waals surface area contributed by atoms with Gasteiger partial charge in [-0.2, -0.15) is 0 Å². The van der Waals surface area contributed by atoms with Gasteiger partial charge in [0.1, 0.15) is 11.6 Å². The molecule has 0 aliphatic rings. The number of rotatable bonds is 6. The van der Waals surface area contributed by atoms with Gasteiger partial charge in [-0.1, -0.05) is 0 Å². The minimum Gasteiger partial charge on any atom is -0.493 e. The monoisotopic (exact) mass is 242 g/mol. The van der Waals surface area contributed by atoms with Crippen LogP contribution in [0.25, 0.3) is 0 Å². The number of esters is 1. The first kappa shape index (κ1) is 13.4. The molecule has 0 saturated heterocycles. The standard InChI is InChI=1S/C12H15FO4/c1-16-12(15)3-2-6-17-11-5-4-10(13)7-9(11)8-14/h4-5,7,14H,2-3,6,8H2,1H3. The topological polar surface area (TPSA) is 55.8 Å². The van der Waals surface area contributed by atoms with Gasteiger partial charge < -0.3 is 14.6 Å². The molecule has 0 heterocycles. The molecule has 1 N–H and O–H groups in total. The molecule has 0 spiro atoms. The molecule has 1 aromatic rings. The van der Waals surface area contributed by atoms with E-state index in [0.29, 0.717) is 24.3 Å². The number of benzene rings is 1. The molecule has 5 heteroatoms. The third-order valence-electron chi connectivity index (χ3n) is 2.20. The number of aliphatic hydroxyl groups excluding tert-OH is 1. The number of carbonyl (C=O) groups is 1. The van der Waals surface area contributed by atoms with Gasteiger partial charge in [0.25, 0.3) is 0 Å². The van der Waals surface area contributed by atoms with Crippen LogP contribution in [-0.4, -0.2) is 24.8 Å². The van der Waals surface area contributed by atoms with Crippen molar-refractivity contribution in [2.24, 2.45) is 0 Å². The van der Waals surface area contributed by atoms with Crippen LogP contribution in [0.15, 0.2) is 18.2 Å². The zero-order chi connectivity index (χ0) is 12.7. The quantitative estimate of drug-likeness (QED) is 0.608. The van der Waals surface area contributed by atoms with E-state index in [1.165, 1.54) is 25.3 Å². The smallest absolute Gasteiger partial charge is 0.305 e. The molecular formula is C12H15FO4. The van der Waals surface area contributed by atoms with Gasteiger partial charge in [-0.05, 0) is 24.6 Å². The highest BCUT2D eigenvalue weighted by Crippen LogP contribution is 2.19. The van der Waals surface area contributed by atoms with Crippen molar-refractivity contribution in [3.8, 4) is 5.75 Å². The van der Waals surface area contributed by atoms with Gasteiger partial charge in [-0.15, -0.1) is 0 Å². The SMILES string of the molecule is COC(=O)CCCOc1ccc(F)cc1CO. The van der Waals surface area contributed by atoms with Crippen LogP contribution < -0.4 is 4.74 Å². The minimum atomic E-state index is -0.420. The largest absolute Gasteiger partial charge is 0.493 e. The van der Waals surface area contributed by atoms with E-state index in [-0.39, 0.29) is 19.0 Å². The van der Waals surface area contributed by atoms with E-state index in [2.05, 4.69) is 4.74 Å². The number of aliphatic hydroxyl groups is 1. The lowest BCUT2D eigenvalue weighted by molar-refractivity contribution is -0.140. The fourth-order valence-electron chi connectivity index (χ4n) is 1.31. The molecule has 0 aliphatic carbocycles. The van der Waals surface area contributed by atoms with E-state index in [9.17, 15) is 9.18 Å². The molecule has 94 valence electrons. The fourth-order valence-corrected chi connectivity index (χ4v) is 1.31. The Bertz CT molecular complexity index is 379. The number of methoxy groups -OCH3 is 1. The van der Waals surface area contributed by atoms with E-state index >= 15 is 0 Å². The summed E-state index contributed by atoms with van der Waals surface area (Å²) in [7, 11) is 1.33. The first-order valence-electron chi connectivity index (χ1n) is 5.26. The Labute approximate surface area is 99.0 Å². The van der Waals surface area contributed by atoms with Crippen molar-refractivity contribution < 1.29 is 23.8 Å². The number of halogens is 1. The van der Waals surface area contributed by atoms with Crippen LogP contribution in [-0.2, 0) is 16.1 Å². The molecule has 1 rings (SSSR count). The van der Waals surface area contributed by atoms with Crippen molar-refractivity contribution in [3.05, 3.63) is 29.6 Å². The minimum absolute atomic E-state index is 0.270. The Balaban J connectivity index is 2.43. The summed E-state index contributed by atoms with van der Waals surface area (Å²) in [4.78, 5) is 10.8. The van der Waals surface area contributed by atoms with Gasteiger partial charge in [-0.25, -0.2) is 4.39 Å². The molecular weight excluding hydrogens is 227 g/mol. The fraction of sp³-hybridized carbons (Fsp3) is 0.417. The summed E-state index contributed by atoms with van der Waals surface area (Å²) in [5.41, 5.74) is 0.392. The molecule has 1 aromatic carbocycles. The Kier molecular flexibility index (Phi) is 5.42. The maximum atomic E-state index is 12.8. The molecule has 17 heavy (non-hydrogen) atoms. The van der Waals surface area contributed by atoms with Gasteiger partial charge in [0.2, 0.25) is 0 Å². The zero-order valence-electron chi connectivity index (χ0n) is 9.61. The van der Waals surface area contributed by atoms with Crippen molar-refractivity contribution in [1.29, 1.82) is 0 Å². The second kappa shape index (κ2) is 6.85. The molecule has 0 fully saturated rings. The Morgan fingerprint density at radius 3 is 2.88 bits per heavy atom. The van der Waals surface area contributed by atoms with Crippen molar-refractivity contribution in [1.82, 2.24) is 0 Å². The van der Waals surface area contributed by atoms with E-state index in [1.807, 2.05) is 0 Å². The summed E-state index contributed by atoms with van der Waals surface area (Å²) >= 11 is 0. The first-order valence-corrected chi connectivity index (χ1v) is 5.26. The predicted octanol–water partition coefficient (Wildman–Crippen LogP) is 1.65. The predicted molar refractivity (Wildman–Crippen MR) is 59.1 cm³/mol. The third kappa shape index (κ3) is 4.40. The number of ether oxygens (including phenoxy) is 2. The Morgan fingerprint density at radius 2 is 2.24 bits per heavy atom. The van der Waals surface area contributed by atoms with Gasteiger partial charge in [0.15, 0.2) is 0 Å². The van der Waals surface area contributed by atoms with Crippen molar-refractivity contribution in [2.45, 2.75) is 19.4 Å². The highest BCUT2D eigenvalue weighted by molar-refractivity contribution is 5.69. The number of carbonyl (C=O) groups excluding carboxylic acids is 1. The lowest BCUT2D eigenvalue weighted by Gasteiger charge is -2.09. The summed E-state index contributed by atoms with van der Waals surface area (Å²) in [5, 5.41) is 9.00. The summed E-state index contributed by atoms with van der Waals surface area (Å²) in [6.07, 6.45) is 0.779. The van der Waals surface area contributed by atoms with Crippen LogP contribution in [0, 0.1) is 5.82 Å². The van der Waals surface area contributed by atoms with E-state index in [1.54, 1.807) is 0 Å². The maximum absolute atomic E-state index is 12.8. The zero-order valence-corrected chi connectivity index (χ0v) is 9.61. The Morgan fingerprint density at radius 1 is 1.47 bits per heavy atom. The summed E-state index contributed by atoms with van der Waals surface area (Å²) in [6.45, 7) is 0.0256. The molecule has 0 atom stereocenters. The summed E-state index contributed by atoms with van der Waals surface area (Å²) < 4.78 is 22.7. The molecule has 0 unspecified atom stereocenters. The maximum Gasteiger partial charge on any atom is 0.305 e. The second-order valence-corrected chi connectivity index (χ2v) is 3.44. The van der Waals surface area contributed by atoms with Crippen molar-refractivity contribution in [3.63, 3.8) is 0 Å². The third-order valence-corrected chi connectivity index (χ3v) is 2.20. The van der Waals surface area contributed by atoms with E-state index < -0.39 is 5.82 Å². The van der Waals surface area contributed by atoms with Crippen molar-refractivity contribution >= 4 is 5.97 Å². The van der Waals surface area contributed by atoms with E-state index in [4.69, 9.17) is 9.84 Å². The lowest BCUT2D eigenvalue weighted by atomic mass is 10.2. The second-order valence-electron chi connectivity index (χ2n) is 3.44. The van der Waals surface area contributed by atoms with Crippen LogP contribution in [0.2, 0.25) is 0 Å². The van der Waals surface area contributed by atoms with E-state index in [0.717, 1.165) is 0 Å². The summed E-state index contributed by atoms with van der Waals surface area (Å²) in [6, 6.07) is 3.93. The Hall–Kier alpha value is -1.62. The molecule has 0 radical (unpaired) electrons. The first-order chi connectivity index (χ1) is 8.17. The van der Waals surface area contributed by atoms with Gasteiger partial charge in [-0.3, -0.25) is 4.79 Å². The highest BCUT2D eigenvalue weighted by atomic mass is 19.1. The molecule has 4 nitrogen and oxygen atoms in total. The van der Waals surface area contributed by atoms with Gasteiger partial charge in [0.05, 0.1) is 20.3 Å². The van der Waals surface area contributed by atoms with Crippen molar-refractivity contribution in [2.75, 3.05) is 13.7 Å². The molecule has 0 aromatic heterocycles. The highest BCUT2D eigenvalue weighted by Gasteiger charge is 2.05. The average molecular weight is 242 g/mol. The van der Waals surface area contributed by atoms with Crippen LogP contribution >= 0.6 is 0 Å². The molecule has 0 bridgehead atoms. The average Bonchev–Trinajstić information content (AvgIpc) is 2.35. The normalized spacial score (nSPS) is 10.1. The van der Waals surface area contributed by atoms with Crippen LogP contribution in [0.1, 0.15) is 18.4 Å². The molecule has 0 amide bonds. The molecule has 0 aliphatic heterocycles. The van der Waals surface area contributed by atoms with Gasteiger partial charge in [0, 0.05) is 12.0 Å². The number of hydrogen-bond acceptors (Lipinski definition) is 4. The van der Waals surface area contributed by atoms with Crippen LogP contribution in [0.3, 0.4) is 0 Å². The van der Waals surface area contributed by atoms with Crippen LogP contribution in [0.4, 0.5) is 4.39 Å². The van der Waals surface area contributed by atoms with Crippen LogP contribution in [0.5, 0.6) is 5.75 Å². The molecule has 0 saturated carbocycles. The lowest BCUT2D eigenvalue weighted by Crippen LogP contribution is -2.05. The van der Waals surface area contributed by atoms with Gasteiger partial charge >= 0.3 is 5.97 Å².